The number of hydrogen-bond acceptors (Lipinski definition) is 6. The molecule has 4 rings (SSSR count). The van der Waals surface area contributed by atoms with Crippen LogP contribution in [0, 0.1) is 0 Å². The molecule has 0 aromatic carbocycles. The van der Waals surface area contributed by atoms with E-state index in [9.17, 15) is 9.59 Å². The van der Waals surface area contributed by atoms with Gasteiger partial charge in [0, 0.05) is 57.4 Å². The van der Waals surface area contributed by atoms with Crippen molar-refractivity contribution in [1.82, 2.24) is 25.0 Å². The number of rotatable bonds is 4. The first-order chi connectivity index (χ1) is 13.2. The topological polar surface area (TPSA) is 68.8 Å². The molecule has 2 unspecified atom stereocenters. The summed E-state index contributed by atoms with van der Waals surface area (Å²) >= 11 is 1.76. The summed E-state index contributed by atoms with van der Waals surface area (Å²) in [7, 11) is 0. The Kier molecular flexibility index (Phi) is 5.95. The van der Waals surface area contributed by atoms with Gasteiger partial charge in [-0.05, 0) is 24.5 Å². The maximum Gasteiger partial charge on any atom is 0.240 e. The van der Waals surface area contributed by atoms with Crippen LogP contribution in [0.3, 0.4) is 0 Å². The van der Waals surface area contributed by atoms with Gasteiger partial charge in [0.2, 0.25) is 11.8 Å². The average molecular weight is 390 g/mol. The Morgan fingerprint density at radius 1 is 1.11 bits per heavy atom. The van der Waals surface area contributed by atoms with Gasteiger partial charge >= 0.3 is 0 Å². The minimum absolute atomic E-state index is 0.132. The standard InChI is InChI=1S/C19H27N5O2S/c25-17(23-6-1-2-7-23)13-22-8-10-24(11-9-22)19(26)16-14-27-18(21-16)15-4-3-5-20-12-15/h3-5,12,16,18,21H,1-2,6-11,13-14H2. The maximum atomic E-state index is 12.9. The second kappa shape index (κ2) is 8.58. The molecule has 3 fully saturated rings. The molecule has 1 N–H and O–H groups in total. The van der Waals surface area contributed by atoms with E-state index in [2.05, 4.69) is 15.2 Å². The molecule has 0 bridgehead atoms. The quantitative estimate of drug-likeness (QED) is 0.811. The molecule has 27 heavy (non-hydrogen) atoms. The zero-order valence-corrected chi connectivity index (χ0v) is 16.4. The van der Waals surface area contributed by atoms with Crippen LogP contribution in [0.25, 0.3) is 0 Å². The van der Waals surface area contributed by atoms with Gasteiger partial charge in [-0.3, -0.25) is 24.8 Å². The van der Waals surface area contributed by atoms with E-state index in [0.717, 1.165) is 50.3 Å². The lowest BCUT2D eigenvalue weighted by Crippen LogP contribution is -2.55. The molecule has 1 aromatic heterocycles. The highest BCUT2D eigenvalue weighted by Crippen LogP contribution is 2.32. The Morgan fingerprint density at radius 2 is 1.89 bits per heavy atom. The molecule has 8 heteroatoms. The van der Waals surface area contributed by atoms with Crippen molar-refractivity contribution in [3.05, 3.63) is 30.1 Å². The number of aromatic nitrogens is 1. The molecule has 4 heterocycles. The van der Waals surface area contributed by atoms with Crippen molar-refractivity contribution < 1.29 is 9.59 Å². The number of amides is 2. The Morgan fingerprint density at radius 3 is 2.59 bits per heavy atom. The number of carbonyl (C=O) groups excluding carboxylic acids is 2. The van der Waals surface area contributed by atoms with Crippen molar-refractivity contribution in [2.24, 2.45) is 0 Å². The van der Waals surface area contributed by atoms with Gasteiger partial charge in [0.25, 0.3) is 0 Å². The van der Waals surface area contributed by atoms with Crippen molar-refractivity contribution in [2.75, 3.05) is 51.6 Å². The van der Waals surface area contributed by atoms with Crippen LogP contribution in [0.15, 0.2) is 24.5 Å². The summed E-state index contributed by atoms with van der Waals surface area (Å²) in [6.45, 7) is 5.25. The summed E-state index contributed by atoms with van der Waals surface area (Å²) in [6.07, 6.45) is 5.87. The molecule has 0 radical (unpaired) electrons. The number of piperazine rings is 1. The number of likely N-dealkylation sites (tertiary alicyclic amines) is 1. The van der Waals surface area contributed by atoms with Gasteiger partial charge in [0.05, 0.1) is 18.0 Å². The fraction of sp³-hybridized carbons (Fsp3) is 0.632. The summed E-state index contributed by atoms with van der Waals surface area (Å²) < 4.78 is 0. The summed E-state index contributed by atoms with van der Waals surface area (Å²) in [5.74, 6) is 1.20. The molecule has 0 saturated carbocycles. The minimum atomic E-state index is -0.141. The van der Waals surface area contributed by atoms with Gasteiger partial charge in [-0.25, -0.2) is 0 Å². The van der Waals surface area contributed by atoms with Crippen LogP contribution < -0.4 is 5.32 Å². The van der Waals surface area contributed by atoms with Crippen molar-refractivity contribution in [1.29, 1.82) is 0 Å². The highest BCUT2D eigenvalue weighted by molar-refractivity contribution is 7.99. The lowest BCUT2D eigenvalue weighted by atomic mass is 10.2. The number of nitrogens with one attached hydrogen (secondary N) is 1. The Hall–Kier alpha value is -1.64. The van der Waals surface area contributed by atoms with Crippen LogP contribution >= 0.6 is 11.8 Å². The van der Waals surface area contributed by atoms with Crippen molar-refractivity contribution in [3.63, 3.8) is 0 Å². The van der Waals surface area contributed by atoms with E-state index in [1.165, 1.54) is 0 Å². The van der Waals surface area contributed by atoms with E-state index in [4.69, 9.17) is 0 Å². The Balaban J connectivity index is 1.23. The van der Waals surface area contributed by atoms with Gasteiger partial charge in [-0.15, -0.1) is 11.8 Å². The Labute approximate surface area is 164 Å². The predicted octanol–water partition coefficient (Wildman–Crippen LogP) is 0.552. The van der Waals surface area contributed by atoms with E-state index in [0.29, 0.717) is 19.6 Å². The number of thioether (sulfide) groups is 1. The average Bonchev–Trinajstić information content (AvgIpc) is 3.41. The third kappa shape index (κ3) is 4.44. The van der Waals surface area contributed by atoms with E-state index >= 15 is 0 Å². The van der Waals surface area contributed by atoms with Crippen LogP contribution in [0.1, 0.15) is 23.8 Å². The number of pyridine rings is 1. The zero-order valence-electron chi connectivity index (χ0n) is 15.5. The smallest absolute Gasteiger partial charge is 0.240 e. The van der Waals surface area contributed by atoms with Crippen LogP contribution in [-0.2, 0) is 9.59 Å². The second-order valence-corrected chi connectivity index (χ2v) is 8.55. The SMILES string of the molecule is O=C(CN1CCN(C(=O)C2CSC(c3cccnc3)N2)CC1)N1CCCC1. The number of nitrogens with zero attached hydrogens (tertiary/aromatic N) is 4. The molecular weight excluding hydrogens is 362 g/mol. The molecule has 0 spiro atoms. The minimum Gasteiger partial charge on any atom is -0.342 e. The van der Waals surface area contributed by atoms with Gasteiger partial charge in [0.15, 0.2) is 0 Å². The summed E-state index contributed by atoms with van der Waals surface area (Å²) in [6, 6.07) is 3.83. The second-order valence-electron chi connectivity index (χ2n) is 7.41. The molecule has 7 nitrogen and oxygen atoms in total. The first-order valence-corrected chi connectivity index (χ1v) is 10.8. The van der Waals surface area contributed by atoms with Crippen molar-refractivity contribution in [3.8, 4) is 0 Å². The first kappa shape index (κ1) is 18.7. The molecule has 3 saturated heterocycles. The summed E-state index contributed by atoms with van der Waals surface area (Å²) in [4.78, 5) is 35.4. The maximum absolute atomic E-state index is 12.9. The molecule has 1 aromatic rings. The molecule has 0 aliphatic carbocycles. The van der Waals surface area contributed by atoms with Gasteiger partial charge in [-0.2, -0.15) is 0 Å². The zero-order chi connectivity index (χ0) is 18.6. The fourth-order valence-electron chi connectivity index (χ4n) is 3.94. The van der Waals surface area contributed by atoms with Crippen LogP contribution in [0.5, 0.6) is 0 Å². The van der Waals surface area contributed by atoms with E-state index in [1.807, 2.05) is 28.1 Å². The Bertz CT molecular complexity index is 659. The van der Waals surface area contributed by atoms with Gasteiger partial charge in [0.1, 0.15) is 0 Å². The fourth-order valence-corrected chi connectivity index (χ4v) is 5.16. The third-order valence-corrected chi connectivity index (χ3v) is 6.84. The van der Waals surface area contributed by atoms with Crippen LogP contribution in [-0.4, -0.2) is 89.1 Å². The van der Waals surface area contributed by atoms with Crippen molar-refractivity contribution >= 4 is 23.6 Å². The molecular formula is C19H27N5O2S. The van der Waals surface area contributed by atoms with Gasteiger partial charge in [-0.1, -0.05) is 6.07 Å². The third-order valence-electron chi connectivity index (χ3n) is 5.57. The normalized spacial score (nSPS) is 26.5. The lowest BCUT2D eigenvalue weighted by molar-refractivity contribution is -0.135. The largest absolute Gasteiger partial charge is 0.342 e. The molecule has 2 amide bonds. The summed E-state index contributed by atoms with van der Waals surface area (Å²) in [5, 5.41) is 3.57. The van der Waals surface area contributed by atoms with E-state index in [1.54, 1.807) is 18.0 Å². The van der Waals surface area contributed by atoms with E-state index < -0.39 is 0 Å². The lowest BCUT2D eigenvalue weighted by Gasteiger charge is -2.36. The highest BCUT2D eigenvalue weighted by atomic mass is 32.2. The molecule has 3 aliphatic heterocycles. The molecule has 146 valence electrons. The molecule has 2 atom stereocenters. The molecule has 3 aliphatic rings. The first-order valence-electron chi connectivity index (χ1n) is 9.77. The monoisotopic (exact) mass is 389 g/mol. The highest BCUT2D eigenvalue weighted by Gasteiger charge is 2.34. The van der Waals surface area contributed by atoms with Gasteiger partial charge < -0.3 is 9.80 Å². The van der Waals surface area contributed by atoms with Crippen molar-refractivity contribution in [2.45, 2.75) is 24.3 Å². The summed E-state index contributed by atoms with van der Waals surface area (Å²) in [5.41, 5.74) is 1.11. The predicted molar refractivity (Wildman–Crippen MR) is 105 cm³/mol. The number of hydrogen-bond donors (Lipinski definition) is 1. The van der Waals surface area contributed by atoms with Crippen LogP contribution in [0.4, 0.5) is 0 Å². The number of carbonyl (C=O) groups is 2. The van der Waals surface area contributed by atoms with E-state index in [-0.39, 0.29) is 23.2 Å². The van der Waals surface area contributed by atoms with Crippen LogP contribution in [0.2, 0.25) is 0 Å².